The molecule has 3 N–H and O–H groups in total. The zero-order chi connectivity index (χ0) is 15.3. The van der Waals surface area contributed by atoms with Crippen LogP contribution in [0.5, 0.6) is 0 Å². The van der Waals surface area contributed by atoms with Gasteiger partial charge in [-0.05, 0) is 40.0 Å². The summed E-state index contributed by atoms with van der Waals surface area (Å²) in [5, 5.41) is 13.9. The molecule has 110 valence electrons. The Hall–Kier alpha value is -1.63. The minimum Gasteiger partial charge on any atom is -0.480 e. The minimum absolute atomic E-state index is 0.199. The number of carboxylic acids is 1. The van der Waals surface area contributed by atoms with Gasteiger partial charge >= 0.3 is 12.0 Å². The molecule has 0 aromatic heterocycles. The Morgan fingerprint density at radius 1 is 1.45 bits per heavy atom. The molecule has 0 unspecified atom stereocenters. The van der Waals surface area contributed by atoms with E-state index in [1.54, 1.807) is 6.92 Å². The third-order valence-electron chi connectivity index (χ3n) is 2.94. The first-order valence-corrected chi connectivity index (χ1v) is 6.89. The van der Waals surface area contributed by atoms with Crippen LogP contribution in [0.15, 0.2) is 22.7 Å². The summed E-state index contributed by atoms with van der Waals surface area (Å²) in [6.07, 6.45) is 0.623. The highest BCUT2D eigenvalue weighted by Gasteiger charge is 2.25. The normalized spacial score (nSPS) is 13.4. The maximum Gasteiger partial charge on any atom is 0.326 e. The van der Waals surface area contributed by atoms with E-state index < -0.39 is 23.9 Å². The van der Waals surface area contributed by atoms with Gasteiger partial charge in [-0.25, -0.2) is 14.0 Å². The molecule has 0 fully saturated rings. The molecule has 0 spiro atoms. The van der Waals surface area contributed by atoms with E-state index >= 15 is 0 Å². The molecule has 0 aliphatic heterocycles. The Labute approximate surface area is 124 Å². The van der Waals surface area contributed by atoms with E-state index in [1.165, 1.54) is 18.2 Å². The van der Waals surface area contributed by atoms with Crippen molar-refractivity contribution in [1.29, 1.82) is 0 Å². The van der Waals surface area contributed by atoms with Crippen molar-refractivity contribution in [2.24, 2.45) is 5.92 Å². The fraction of sp³-hybridized carbons (Fsp3) is 0.385. The molecular weight excluding hydrogens is 331 g/mol. The van der Waals surface area contributed by atoms with Crippen molar-refractivity contribution >= 4 is 33.6 Å². The van der Waals surface area contributed by atoms with Gasteiger partial charge in [0.15, 0.2) is 0 Å². The lowest BCUT2D eigenvalue weighted by molar-refractivity contribution is -0.140. The molecule has 20 heavy (non-hydrogen) atoms. The standard InChI is InChI=1S/C13H16BrFN2O3/c1-3-7(2)11(12(18)19)17-13(20)16-10-5-4-8(15)6-9(10)14/h4-7,11H,3H2,1-2H3,(H,18,19)(H2,16,17,20)/t7-,11-/m0/s1. The second kappa shape index (κ2) is 7.23. The summed E-state index contributed by atoms with van der Waals surface area (Å²) < 4.78 is 13.3. The first kappa shape index (κ1) is 16.4. The Morgan fingerprint density at radius 2 is 2.10 bits per heavy atom. The fourth-order valence-corrected chi connectivity index (χ4v) is 2.02. The van der Waals surface area contributed by atoms with Crippen LogP contribution in [0.1, 0.15) is 20.3 Å². The van der Waals surface area contributed by atoms with Gasteiger partial charge in [0.1, 0.15) is 11.9 Å². The van der Waals surface area contributed by atoms with E-state index in [1.807, 2.05) is 6.92 Å². The molecule has 1 rings (SSSR count). The molecule has 2 amide bonds. The molecule has 0 saturated carbocycles. The minimum atomic E-state index is -1.09. The molecule has 7 heteroatoms. The highest BCUT2D eigenvalue weighted by atomic mass is 79.9. The van der Waals surface area contributed by atoms with Crippen molar-refractivity contribution in [1.82, 2.24) is 5.32 Å². The second-order valence-electron chi connectivity index (χ2n) is 4.42. The van der Waals surface area contributed by atoms with Gasteiger partial charge < -0.3 is 15.7 Å². The van der Waals surface area contributed by atoms with Crippen LogP contribution in [0.4, 0.5) is 14.9 Å². The van der Waals surface area contributed by atoms with Crippen LogP contribution in [0.25, 0.3) is 0 Å². The molecule has 0 aliphatic carbocycles. The number of carbonyl (C=O) groups excluding carboxylic acids is 1. The predicted octanol–water partition coefficient (Wildman–Crippen LogP) is 3.21. The number of nitrogens with one attached hydrogen (secondary N) is 2. The average Bonchev–Trinajstić information content (AvgIpc) is 2.38. The lowest BCUT2D eigenvalue weighted by atomic mass is 9.99. The van der Waals surface area contributed by atoms with E-state index in [9.17, 15) is 14.0 Å². The van der Waals surface area contributed by atoms with Crippen molar-refractivity contribution in [3.8, 4) is 0 Å². The molecule has 5 nitrogen and oxygen atoms in total. The molecule has 0 heterocycles. The van der Waals surface area contributed by atoms with E-state index in [0.29, 0.717) is 16.6 Å². The Kier molecular flexibility index (Phi) is 5.94. The molecule has 1 aromatic carbocycles. The Morgan fingerprint density at radius 3 is 2.60 bits per heavy atom. The van der Waals surface area contributed by atoms with Crippen molar-refractivity contribution in [2.75, 3.05) is 5.32 Å². The van der Waals surface area contributed by atoms with Crippen molar-refractivity contribution in [3.63, 3.8) is 0 Å². The Bertz CT molecular complexity index is 510. The van der Waals surface area contributed by atoms with E-state index in [2.05, 4.69) is 26.6 Å². The number of urea groups is 1. The third-order valence-corrected chi connectivity index (χ3v) is 3.60. The monoisotopic (exact) mass is 346 g/mol. The van der Waals surface area contributed by atoms with Crippen LogP contribution in [0.2, 0.25) is 0 Å². The van der Waals surface area contributed by atoms with Gasteiger partial charge in [-0.15, -0.1) is 0 Å². The largest absolute Gasteiger partial charge is 0.480 e. The van der Waals surface area contributed by atoms with Gasteiger partial charge in [0.25, 0.3) is 0 Å². The number of benzene rings is 1. The smallest absolute Gasteiger partial charge is 0.326 e. The molecule has 0 radical (unpaired) electrons. The average molecular weight is 347 g/mol. The molecule has 1 aromatic rings. The quantitative estimate of drug-likeness (QED) is 0.765. The van der Waals surface area contributed by atoms with Gasteiger partial charge in [0, 0.05) is 4.47 Å². The molecule has 0 bridgehead atoms. The maximum absolute atomic E-state index is 12.9. The van der Waals surface area contributed by atoms with Crippen LogP contribution >= 0.6 is 15.9 Å². The zero-order valence-corrected chi connectivity index (χ0v) is 12.7. The maximum atomic E-state index is 12.9. The Balaban J connectivity index is 2.73. The number of anilines is 1. The molecular formula is C13H16BrFN2O3. The molecule has 2 atom stereocenters. The number of halogens is 2. The summed E-state index contributed by atoms with van der Waals surface area (Å²) in [6.45, 7) is 3.59. The van der Waals surface area contributed by atoms with Crippen molar-refractivity contribution < 1.29 is 19.1 Å². The number of hydrogen-bond acceptors (Lipinski definition) is 2. The molecule has 0 aliphatic rings. The number of aliphatic carboxylic acids is 1. The summed E-state index contributed by atoms with van der Waals surface area (Å²) in [5.74, 6) is -1.73. The van der Waals surface area contributed by atoms with Gasteiger partial charge in [-0.2, -0.15) is 0 Å². The number of carboxylic acid groups (broad SMARTS) is 1. The van der Waals surface area contributed by atoms with Crippen LogP contribution in [-0.4, -0.2) is 23.1 Å². The first-order valence-electron chi connectivity index (χ1n) is 6.10. The summed E-state index contributed by atoms with van der Waals surface area (Å²) >= 11 is 3.11. The van der Waals surface area contributed by atoms with Gasteiger partial charge in [0.2, 0.25) is 0 Å². The van der Waals surface area contributed by atoms with Gasteiger partial charge in [-0.3, -0.25) is 0 Å². The predicted molar refractivity (Wildman–Crippen MR) is 77.1 cm³/mol. The van der Waals surface area contributed by atoms with Gasteiger partial charge in [0.05, 0.1) is 5.69 Å². The first-order chi connectivity index (χ1) is 9.35. The van der Waals surface area contributed by atoms with E-state index in [-0.39, 0.29) is 5.92 Å². The number of amides is 2. The zero-order valence-electron chi connectivity index (χ0n) is 11.1. The molecule has 0 saturated heterocycles. The number of carbonyl (C=O) groups is 2. The van der Waals surface area contributed by atoms with Gasteiger partial charge in [-0.1, -0.05) is 20.3 Å². The topological polar surface area (TPSA) is 78.4 Å². The summed E-state index contributed by atoms with van der Waals surface area (Å²) in [4.78, 5) is 22.9. The van der Waals surface area contributed by atoms with Crippen LogP contribution in [-0.2, 0) is 4.79 Å². The number of rotatable bonds is 5. The van der Waals surface area contributed by atoms with Crippen LogP contribution in [0.3, 0.4) is 0 Å². The lowest BCUT2D eigenvalue weighted by Crippen LogP contribution is -2.46. The second-order valence-corrected chi connectivity index (χ2v) is 5.28. The summed E-state index contributed by atoms with van der Waals surface area (Å²) in [7, 11) is 0. The van der Waals surface area contributed by atoms with Crippen molar-refractivity contribution in [2.45, 2.75) is 26.3 Å². The van der Waals surface area contributed by atoms with E-state index in [0.717, 1.165) is 0 Å². The number of hydrogen-bond donors (Lipinski definition) is 3. The highest BCUT2D eigenvalue weighted by Crippen LogP contribution is 2.23. The summed E-state index contributed by atoms with van der Waals surface area (Å²) in [5.41, 5.74) is 0.359. The highest BCUT2D eigenvalue weighted by molar-refractivity contribution is 9.10. The van der Waals surface area contributed by atoms with Crippen LogP contribution < -0.4 is 10.6 Å². The third kappa shape index (κ3) is 4.48. The van der Waals surface area contributed by atoms with Crippen molar-refractivity contribution in [3.05, 3.63) is 28.5 Å². The lowest BCUT2D eigenvalue weighted by Gasteiger charge is -2.20. The fourth-order valence-electron chi connectivity index (χ4n) is 1.57. The van der Waals surface area contributed by atoms with Crippen LogP contribution in [0, 0.1) is 11.7 Å². The SMILES string of the molecule is CC[C@H](C)[C@H](NC(=O)Nc1ccc(F)cc1Br)C(=O)O. The van der Waals surface area contributed by atoms with E-state index in [4.69, 9.17) is 5.11 Å². The summed E-state index contributed by atoms with van der Waals surface area (Å²) in [6, 6.07) is 2.17.